The zero-order valence-electron chi connectivity index (χ0n) is 13.0. The van der Waals surface area contributed by atoms with Gasteiger partial charge in [0.05, 0.1) is 6.42 Å². The van der Waals surface area contributed by atoms with Crippen LogP contribution in [0.2, 0.25) is 0 Å². The molecule has 0 radical (unpaired) electrons. The standard InChI is InChI=1S/C14H19FN6O.ClH/c1-8-3-9(2)21-14(18-8)19-12(20-21)5-13(22)17-7-11-4-10(15)6-16-11;/h3,10-11,16H,4-7H2,1-2H3,(H,17,22);1H/t10-,11-;/m0./s1. The van der Waals surface area contributed by atoms with Crippen LogP contribution in [0, 0.1) is 13.8 Å². The summed E-state index contributed by atoms with van der Waals surface area (Å²) in [5.41, 5.74) is 1.78. The van der Waals surface area contributed by atoms with Crippen LogP contribution in [-0.4, -0.2) is 50.8 Å². The summed E-state index contributed by atoms with van der Waals surface area (Å²) < 4.78 is 14.7. The van der Waals surface area contributed by atoms with Crippen LogP contribution < -0.4 is 10.6 Å². The van der Waals surface area contributed by atoms with Gasteiger partial charge in [-0.1, -0.05) is 0 Å². The number of nitrogens with one attached hydrogen (secondary N) is 2. The molecule has 0 aliphatic carbocycles. The van der Waals surface area contributed by atoms with E-state index >= 15 is 0 Å². The lowest BCUT2D eigenvalue weighted by molar-refractivity contribution is -0.120. The van der Waals surface area contributed by atoms with Crippen LogP contribution in [0.25, 0.3) is 5.78 Å². The molecule has 1 saturated heterocycles. The summed E-state index contributed by atoms with van der Waals surface area (Å²) in [6, 6.07) is 1.91. The molecule has 1 fully saturated rings. The van der Waals surface area contributed by atoms with Crippen molar-refractivity contribution >= 4 is 24.1 Å². The Morgan fingerprint density at radius 1 is 1.48 bits per heavy atom. The molecular weight excluding hydrogens is 323 g/mol. The second kappa shape index (κ2) is 7.18. The van der Waals surface area contributed by atoms with Crippen molar-refractivity contribution in [1.29, 1.82) is 0 Å². The van der Waals surface area contributed by atoms with Crippen LogP contribution in [0.1, 0.15) is 23.6 Å². The Kier molecular flexibility index (Phi) is 5.48. The molecule has 1 aliphatic heterocycles. The number of carbonyl (C=O) groups is 1. The minimum atomic E-state index is -0.820. The summed E-state index contributed by atoms with van der Waals surface area (Å²) in [6.45, 7) is 4.59. The molecule has 0 bridgehead atoms. The fraction of sp³-hybridized carbons (Fsp3) is 0.571. The van der Waals surface area contributed by atoms with Crippen LogP contribution in [0.4, 0.5) is 4.39 Å². The predicted molar refractivity (Wildman–Crippen MR) is 85.5 cm³/mol. The first-order chi connectivity index (χ1) is 10.5. The molecular formula is C14H20ClFN6O. The highest BCUT2D eigenvalue weighted by molar-refractivity contribution is 5.85. The molecule has 2 N–H and O–H groups in total. The Hall–Kier alpha value is -1.80. The number of carbonyl (C=O) groups excluding carboxylic acids is 1. The highest BCUT2D eigenvalue weighted by atomic mass is 35.5. The molecule has 23 heavy (non-hydrogen) atoms. The fourth-order valence-corrected chi connectivity index (χ4v) is 2.65. The lowest BCUT2D eigenvalue weighted by Crippen LogP contribution is -2.37. The summed E-state index contributed by atoms with van der Waals surface area (Å²) in [4.78, 5) is 20.5. The smallest absolute Gasteiger partial charge is 0.252 e. The minimum absolute atomic E-state index is 0. The van der Waals surface area contributed by atoms with E-state index in [1.807, 2.05) is 19.9 Å². The lowest BCUT2D eigenvalue weighted by atomic mass is 10.2. The number of halogens is 2. The number of amides is 1. The number of rotatable bonds is 4. The maximum absolute atomic E-state index is 13.0. The maximum Gasteiger partial charge on any atom is 0.252 e. The molecule has 3 heterocycles. The van der Waals surface area contributed by atoms with Gasteiger partial charge in [-0.05, 0) is 26.3 Å². The SMILES string of the molecule is Cc1cc(C)n2nc(CC(=O)NC[C@@H]3C[C@H](F)CN3)nc2n1.Cl. The molecule has 1 aliphatic rings. The highest BCUT2D eigenvalue weighted by Gasteiger charge is 2.23. The normalized spacial score (nSPS) is 20.5. The number of fused-ring (bicyclic) bond motifs is 1. The van der Waals surface area contributed by atoms with E-state index in [0.717, 1.165) is 11.4 Å². The second-order valence-corrected chi connectivity index (χ2v) is 5.70. The Morgan fingerprint density at radius 2 is 2.26 bits per heavy atom. The van der Waals surface area contributed by atoms with Gasteiger partial charge in [0.2, 0.25) is 5.91 Å². The molecule has 0 unspecified atom stereocenters. The van der Waals surface area contributed by atoms with Crippen molar-refractivity contribution in [3.63, 3.8) is 0 Å². The van der Waals surface area contributed by atoms with Gasteiger partial charge in [-0.15, -0.1) is 17.5 Å². The minimum Gasteiger partial charge on any atom is -0.354 e. The number of hydrogen-bond acceptors (Lipinski definition) is 5. The average Bonchev–Trinajstić information content (AvgIpc) is 3.02. The first-order valence-electron chi connectivity index (χ1n) is 7.35. The zero-order valence-corrected chi connectivity index (χ0v) is 13.9. The van der Waals surface area contributed by atoms with Crippen LogP contribution in [0.5, 0.6) is 0 Å². The Balaban J connectivity index is 0.00000192. The van der Waals surface area contributed by atoms with Gasteiger partial charge in [0.25, 0.3) is 5.78 Å². The summed E-state index contributed by atoms with van der Waals surface area (Å²) in [5, 5.41) is 10.1. The zero-order chi connectivity index (χ0) is 15.7. The van der Waals surface area contributed by atoms with Crippen molar-refractivity contribution in [3.8, 4) is 0 Å². The van der Waals surface area contributed by atoms with Crippen molar-refractivity contribution in [2.24, 2.45) is 0 Å². The summed E-state index contributed by atoms with van der Waals surface area (Å²) >= 11 is 0. The van der Waals surface area contributed by atoms with E-state index in [1.54, 1.807) is 4.52 Å². The number of hydrogen-bond donors (Lipinski definition) is 2. The molecule has 3 rings (SSSR count). The second-order valence-electron chi connectivity index (χ2n) is 5.70. The first-order valence-corrected chi connectivity index (χ1v) is 7.35. The van der Waals surface area contributed by atoms with Crippen LogP contribution in [-0.2, 0) is 11.2 Å². The molecule has 2 aromatic rings. The first kappa shape index (κ1) is 17.6. The van der Waals surface area contributed by atoms with Gasteiger partial charge in [-0.3, -0.25) is 4.79 Å². The van der Waals surface area contributed by atoms with E-state index in [9.17, 15) is 9.18 Å². The van der Waals surface area contributed by atoms with E-state index in [2.05, 4.69) is 25.7 Å². The maximum atomic E-state index is 13.0. The Bertz CT molecular complexity index is 706. The van der Waals surface area contributed by atoms with E-state index in [4.69, 9.17) is 0 Å². The topological polar surface area (TPSA) is 84.2 Å². The van der Waals surface area contributed by atoms with E-state index < -0.39 is 6.17 Å². The van der Waals surface area contributed by atoms with Crippen molar-refractivity contribution in [3.05, 3.63) is 23.3 Å². The fourth-order valence-electron chi connectivity index (χ4n) is 2.65. The van der Waals surface area contributed by atoms with E-state index in [0.29, 0.717) is 31.1 Å². The predicted octanol–water partition coefficient (Wildman–Crippen LogP) is 0.522. The molecule has 2 aromatic heterocycles. The molecule has 1 amide bonds. The van der Waals surface area contributed by atoms with Crippen LogP contribution >= 0.6 is 12.4 Å². The van der Waals surface area contributed by atoms with Crippen LogP contribution in [0.3, 0.4) is 0 Å². The largest absolute Gasteiger partial charge is 0.354 e. The summed E-state index contributed by atoms with van der Waals surface area (Å²) in [6.07, 6.45) is -0.289. The van der Waals surface area contributed by atoms with Gasteiger partial charge < -0.3 is 10.6 Å². The number of alkyl halides is 1. The molecule has 2 atom stereocenters. The third kappa shape index (κ3) is 4.14. The lowest BCUT2D eigenvalue weighted by Gasteiger charge is -2.10. The Morgan fingerprint density at radius 3 is 2.96 bits per heavy atom. The van der Waals surface area contributed by atoms with Gasteiger partial charge in [0.1, 0.15) is 6.17 Å². The van der Waals surface area contributed by atoms with Gasteiger partial charge in [-0.2, -0.15) is 4.98 Å². The van der Waals surface area contributed by atoms with Gasteiger partial charge >= 0.3 is 0 Å². The highest BCUT2D eigenvalue weighted by Crippen LogP contribution is 2.09. The molecule has 0 aromatic carbocycles. The van der Waals surface area contributed by atoms with Gasteiger partial charge in [0, 0.05) is 30.5 Å². The van der Waals surface area contributed by atoms with Crippen LogP contribution in [0.15, 0.2) is 6.07 Å². The van der Waals surface area contributed by atoms with Crippen molar-refractivity contribution < 1.29 is 9.18 Å². The molecule has 7 nitrogen and oxygen atoms in total. The molecule has 9 heteroatoms. The monoisotopic (exact) mass is 342 g/mol. The van der Waals surface area contributed by atoms with E-state index in [-0.39, 0.29) is 30.8 Å². The summed E-state index contributed by atoms with van der Waals surface area (Å²) in [5.74, 6) is 0.758. The quantitative estimate of drug-likeness (QED) is 0.846. The number of aromatic nitrogens is 4. The summed E-state index contributed by atoms with van der Waals surface area (Å²) in [7, 11) is 0. The van der Waals surface area contributed by atoms with E-state index in [1.165, 1.54) is 0 Å². The van der Waals surface area contributed by atoms with Gasteiger partial charge in [-0.25, -0.2) is 13.9 Å². The Labute approximate surface area is 139 Å². The van der Waals surface area contributed by atoms with Crippen molar-refractivity contribution in [2.75, 3.05) is 13.1 Å². The molecule has 126 valence electrons. The third-order valence-electron chi connectivity index (χ3n) is 3.69. The molecule has 0 spiro atoms. The average molecular weight is 343 g/mol. The number of aryl methyl sites for hydroxylation is 2. The third-order valence-corrected chi connectivity index (χ3v) is 3.69. The molecule has 0 saturated carbocycles. The van der Waals surface area contributed by atoms with Crippen molar-refractivity contribution in [1.82, 2.24) is 30.2 Å². The number of nitrogens with zero attached hydrogens (tertiary/aromatic N) is 4. The van der Waals surface area contributed by atoms with Crippen molar-refractivity contribution in [2.45, 2.75) is 38.9 Å². The van der Waals surface area contributed by atoms with Gasteiger partial charge in [0.15, 0.2) is 5.82 Å².